The molecule has 0 bridgehead atoms. The lowest BCUT2D eigenvalue weighted by atomic mass is 9.88. The zero-order valence-corrected chi connectivity index (χ0v) is 26.9. The van der Waals surface area contributed by atoms with E-state index in [-0.39, 0.29) is 0 Å². The van der Waals surface area contributed by atoms with Crippen LogP contribution in [0.2, 0.25) is 0 Å². The highest BCUT2D eigenvalue weighted by molar-refractivity contribution is 5.70. The Morgan fingerprint density at radius 3 is 1.69 bits per heavy atom. The zero-order chi connectivity index (χ0) is 30.0. The summed E-state index contributed by atoms with van der Waals surface area (Å²) in [6.45, 7) is 17.9. The first-order valence-corrected chi connectivity index (χ1v) is 15.5. The zero-order valence-electron chi connectivity index (χ0n) is 26.9. The summed E-state index contributed by atoms with van der Waals surface area (Å²) in [5, 5.41) is 0. The van der Waals surface area contributed by atoms with Gasteiger partial charge >= 0.3 is 0 Å². The van der Waals surface area contributed by atoms with Crippen molar-refractivity contribution >= 4 is 0 Å². The van der Waals surface area contributed by atoms with Crippen LogP contribution < -0.4 is 0 Å². The van der Waals surface area contributed by atoms with Gasteiger partial charge in [0.25, 0.3) is 0 Å². The van der Waals surface area contributed by atoms with Gasteiger partial charge in [-0.1, -0.05) is 84.9 Å². The van der Waals surface area contributed by atoms with E-state index in [2.05, 4.69) is 140 Å². The van der Waals surface area contributed by atoms with Gasteiger partial charge in [-0.05, 0) is 170 Å². The third-order valence-electron chi connectivity index (χ3n) is 9.72. The molecule has 0 aliphatic rings. The predicted molar refractivity (Wildman–Crippen MR) is 183 cm³/mol. The lowest BCUT2D eigenvalue weighted by Crippen LogP contribution is -2.04. The molecule has 0 spiro atoms. The molecule has 0 heterocycles. The van der Waals surface area contributed by atoms with Crippen molar-refractivity contribution in [3.05, 3.63) is 152 Å². The molecule has 0 N–H and O–H groups in total. The van der Waals surface area contributed by atoms with Crippen molar-refractivity contribution in [3.8, 4) is 22.3 Å². The van der Waals surface area contributed by atoms with Gasteiger partial charge in [0, 0.05) is 0 Å². The summed E-state index contributed by atoms with van der Waals surface area (Å²) in [7, 11) is 0. The van der Waals surface area contributed by atoms with Crippen LogP contribution in [0.3, 0.4) is 0 Å². The van der Waals surface area contributed by atoms with Gasteiger partial charge in [0.1, 0.15) is 0 Å². The minimum atomic E-state index is 1.05. The Bertz CT molecular complexity index is 1750. The third-order valence-corrected chi connectivity index (χ3v) is 9.72. The molecule has 0 heteroatoms. The van der Waals surface area contributed by atoms with Gasteiger partial charge in [-0.15, -0.1) is 0 Å². The average Bonchev–Trinajstić information content (AvgIpc) is 2.97. The molecule has 0 aliphatic carbocycles. The fraction of sp³-hybridized carbons (Fsp3) is 0.286. The van der Waals surface area contributed by atoms with Crippen molar-refractivity contribution < 1.29 is 0 Å². The van der Waals surface area contributed by atoms with Crippen molar-refractivity contribution in [2.75, 3.05) is 0 Å². The second-order valence-corrected chi connectivity index (χ2v) is 12.5. The second-order valence-electron chi connectivity index (χ2n) is 12.5. The van der Waals surface area contributed by atoms with E-state index >= 15 is 0 Å². The maximum absolute atomic E-state index is 2.47. The second kappa shape index (κ2) is 12.5. The SMILES string of the molecule is Cc1ccc(-c2ccc(CCc3ccc(-c4cccc(C)c4C)cc3C)c(CCc3c(C)ccc(C)c3C)c2)cc1C. The van der Waals surface area contributed by atoms with E-state index in [1.165, 1.54) is 89.0 Å². The van der Waals surface area contributed by atoms with Crippen LogP contribution in [0.5, 0.6) is 0 Å². The summed E-state index contributed by atoms with van der Waals surface area (Å²) in [6, 6.07) is 32.3. The van der Waals surface area contributed by atoms with Crippen LogP contribution in [-0.2, 0) is 25.7 Å². The van der Waals surface area contributed by atoms with Crippen molar-refractivity contribution in [1.82, 2.24) is 0 Å². The monoisotopic (exact) mass is 550 g/mol. The van der Waals surface area contributed by atoms with Gasteiger partial charge in [-0.3, -0.25) is 0 Å². The van der Waals surface area contributed by atoms with Crippen LogP contribution in [-0.4, -0.2) is 0 Å². The molecule has 0 amide bonds. The van der Waals surface area contributed by atoms with Crippen LogP contribution in [0.15, 0.2) is 84.9 Å². The summed E-state index contributed by atoms with van der Waals surface area (Å²) in [5.41, 5.74) is 22.3. The maximum atomic E-state index is 2.47. The molecule has 0 saturated heterocycles. The first-order chi connectivity index (χ1) is 20.1. The van der Waals surface area contributed by atoms with Crippen LogP contribution in [0.1, 0.15) is 66.8 Å². The van der Waals surface area contributed by atoms with Gasteiger partial charge < -0.3 is 0 Å². The Morgan fingerprint density at radius 2 is 0.929 bits per heavy atom. The van der Waals surface area contributed by atoms with Gasteiger partial charge in [0.2, 0.25) is 0 Å². The molecule has 0 aliphatic heterocycles. The van der Waals surface area contributed by atoms with Crippen molar-refractivity contribution in [1.29, 1.82) is 0 Å². The molecule has 0 nitrogen and oxygen atoms in total. The van der Waals surface area contributed by atoms with E-state index in [4.69, 9.17) is 0 Å². The molecule has 0 atom stereocenters. The fourth-order valence-corrected chi connectivity index (χ4v) is 6.33. The molecule has 0 saturated carbocycles. The van der Waals surface area contributed by atoms with E-state index < -0.39 is 0 Å². The Balaban J connectivity index is 1.43. The van der Waals surface area contributed by atoms with E-state index in [1.54, 1.807) is 0 Å². The van der Waals surface area contributed by atoms with Crippen LogP contribution in [0.25, 0.3) is 22.3 Å². The molecule has 5 aromatic rings. The van der Waals surface area contributed by atoms with Crippen LogP contribution in [0.4, 0.5) is 0 Å². The maximum Gasteiger partial charge on any atom is -0.0152 e. The Labute approximate surface area is 254 Å². The molecule has 5 rings (SSSR count). The molecule has 5 aromatic carbocycles. The minimum absolute atomic E-state index is 1.05. The van der Waals surface area contributed by atoms with Crippen molar-refractivity contribution in [3.63, 3.8) is 0 Å². The molecule has 42 heavy (non-hydrogen) atoms. The molecule has 0 radical (unpaired) electrons. The highest BCUT2D eigenvalue weighted by atomic mass is 14.2. The standard InChI is InChI=1S/C42H46/c1-27-14-15-37(24-31(27)5)39-20-19-36(38(26-39)22-23-41-30(4)13-12-29(3)33(41)7)18-16-35-17-21-40(25-32(35)6)42-11-9-10-28(2)34(42)8/h9-15,17,19-21,24-26H,16,18,22-23H2,1-8H3. The number of benzene rings is 5. The van der Waals surface area contributed by atoms with Gasteiger partial charge in [-0.2, -0.15) is 0 Å². The summed E-state index contributed by atoms with van der Waals surface area (Å²) in [5.74, 6) is 0. The molecular formula is C42H46. The first kappa shape index (κ1) is 29.6. The van der Waals surface area contributed by atoms with Crippen LogP contribution >= 0.6 is 0 Å². The number of aryl methyl sites for hydroxylation is 9. The van der Waals surface area contributed by atoms with Crippen molar-refractivity contribution in [2.24, 2.45) is 0 Å². The van der Waals surface area contributed by atoms with E-state index in [1.807, 2.05) is 0 Å². The van der Waals surface area contributed by atoms with E-state index in [9.17, 15) is 0 Å². The van der Waals surface area contributed by atoms with Gasteiger partial charge in [-0.25, -0.2) is 0 Å². The highest BCUT2D eigenvalue weighted by Gasteiger charge is 2.12. The number of rotatable bonds is 8. The number of hydrogen-bond acceptors (Lipinski definition) is 0. The molecular weight excluding hydrogens is 504 g/mol. The predicted octanol–water partition coefficient (Wildman–Crippen LogP) is 11.1. The number of hydrogen-bond donors (Lipinski definition) is 0. The van der Waals surface area contributed by atoms with Gasteiger partial charge in [0.05, 0.1) is 0 Å². The average molecular weight is 551 g/mol. The largest absolute Gasteiger partial charge is 0.0614 e. The quantitative estimate of drug-likeness (QED) is 0.180. The summed E-state index contributed by atoms with van der Waals surface area (Å²) in [4.78, 5) is 0. The minimum Gasteiger partial charge on any atom is -0.0614 e. The molecule has 0 unspecified atom stereocenters. The summed E-state index contributed by atoms with van der Waals surface area (Å²) >= 11 is 0. The first-order valence-electron chi connectivity index (χ1n) is 15.5. The van der Waals surface area contributed by atoms with Crippen molar-refractivity contribution in [2.45, 2.75) is 81.1 Å². The normalized spacial score (nSPS) is 11.2. The summed E-state index contributed by atoms with van der Waals surface area (Å²) < 4.78 is 0. The molecule has 0 aromatic heterocycles. The fourth-order valence-electron chi connectivity index (χ4n) is 6.33. The lowest BCUT2D eigenvalue weighted by molar-refractivity contribution is 0.881. The van der Waals surface area contributed by atoms with Gasteiger partial charge in [0.15, 0.2) is 0 Å². The third kappa shape index (κ3) is 6.29. The topological polar surface area (TPSA) is 0 Å². The van der Waals surface area contributed by atoms with E-state index in [0.29, 0.717) is 0 Å². The Kier molecular flexibility index (Phi) is 8.83. The Morgan fingerprint density at radius 1 is 0.357 bits per heavy atom. The van der Waals surface area contributed by atoms with Crippen LogP contribution in [0, 0.1) is 55.4 Å². The Hall–Kier alpha value is -3.90. The smallest absolute Gasteiger partial charge is 0.0152 e. The molecule has 214 valence electrons. The lowest BCUT2D eigenvalue weighted by Gasteiger charge is -2.17. The summed E-state index contributed by atoms with van der Waals surface area (Å²) in [6.07, 6.45) is 4.24. The highest BCUT2D eigenvalue weighted by Crippen LogP contribution is 2.30. The van der Waals surface area contributed by atoms with E-state index in [0.717, 1.165) is 25.7 Å². The molecule has 0 fully saturated rings.